The van der Waals surface area contributed by atoms with E-state index in [1.165, 1.54) is 24.3 Å². The molecular formula is C11H12FNO3. The minimum Gasteiger partial charge on any atom is -0.481 e. The molecule has 1 aromatic rings. The summed E-state index contributed by atoms with van der Waals surface area (Å²) in [7, 11) is 0. The monoisotopic (exact) mass is 225 g/mol. The molecule has 0 aromatic heterocycles. The third kappa shape index (κ3) is 4.54. The number of carbonyl (C=O) groups excluding carboxylic acids is 1. The van der Waals surface area contributed by atoms with Crippen LogP contribution in [0.3, 0.4) is 0 Å². The molecule has 0 saturated carbocycles. The van der Waals surface area contributed by atoms with E-state index in [4.69, 9.17) is 5.11 Å². The Morgan fingerprint density at radius 2 is 1.81 bits per heavy atom. The average molecular weight is 225 g/mol. The van der Waals surface area contributed by atoms with Gasteiger partial charge in [-0.1, -0.05) is 0 Å². The van der Waals surface area contributed by atoms with Crippen molar-refractivity contribution >= 4 is 17.6 Å². The molecule has 0 fully saturated rings. The highest BCUT2D eigenvalue weighted by molar-refractivity contribution is 5.90. The maximum absolute atomic E-state index is 12.5. The van der Waals surface area contributed by atoms with Gasteiger partial charge in [-0.05, 0) is 30.7 Å². The first-order valence-corrected chi connectivity index (χ1v) is 4.85. The second-order valence-electron chi connectivity index (χ2n) is 3.30. The summed E-state index contributed by atoms with van der Waals surface area (Å²) in [4.78, 5) is 21.5. The molecule has 0 unspecified atom stereocenters. The van der Waals surface area contributed by atoms with Crippen LogP contribution in [0.2, 0.25) is 0 Å². The summed E-state index contributed by atoms with van der Waals surface area (Å²) < 4.78 is 12.5. The fourth-order valence-corrected chi connectivity index (χ4v) is 1.16. The van der Waals surface area contributed by atoms with Crippen molar-refractivity contribution in [2.45, 2.75) is 19.3 Å². The number of aliphatic carboxylic acids is 1. The van der Waals surface area contributed by atoms with Gasteiger partial charge < -0.3 is 10.4 Å². The average Bonchev–Trinajstić information content (AvgIpc) is 2.21. The lowest BCUT2D eigenvalue weighted by Gasteiger charge is -2.03. The van der Waals surface area contributed by atoms with Gasteiger partial charge >= 0.3 is 5.97 Å². The minimum absolute atomic E-state index is 0.0309. The fraction of sp³-hybridized carbons (Fsp3) is 0.273. The zero-order valence-corrected chi connectivity index (χ0v) is 8.57. The predicted molar refractivity (Wildman–Crippen MR) is 56.5 cm³/mol. The van der Waals surface area contributed by atoms with Gasteiger partial charge in [0.15, 0.2) is 0 Å². The highest BCUT2D eigenvalue weighted by atomic mass is 19.1. The highest BCUT2D eigenvalue weighted by Gasteiger charge is 2.04. The Morgan fingerprint density at radius 3 is 2.38 bits per heavy atom. The van der Waals surface area contributed by atoms with Gasteiger partial charge in [-0.2, -0.15) is 0 Å². The van der Waals surface area contributed by atoms with Crippen molar-refractivity contribution < 1.29 is 19.1 Å². The number of halogens is 1. The number of anilines is 1. The third-order valence-electron chi connectivity index (χ3n) is 1.92. The first kappa shape index (κ1) is 12.2. The summed E-state index contributed by atoms with van der Waals surface area (Å²) in [6.07, 6.45) is 0.406. The molecule has 0 bridgehead atoms. The second kappa shape index (κ2) is 5.85. The number of benzene rings is 1. The normalized spacial score (nSPS) is 9.81. The van der Waals surface area contributed by atoms with Gasteiger partial charge in [0.2, 0.25) is 5.91 Å². The smallest absolute Gasteiger partial charge is 0.303 e. The highest BCUT2D eigenvalue weighted by Crippen LogP contribution is 2.09. The molecule has 86 valence electrons. The molecule has 0 atom stereocenters. The maximum atomic E-state index is 12.5. The summed E-state index contributed by atoms with van der Waals surface area (Å²) in [5.41, 5.74) is 0.502. The molecule has 1 aromatic carbocycles. The molecule has 0 heterocycles. The van der Waals surface area contributed by atoms with Gasteiger partial charge in [-0.25, -0.2) is 4.39 Å². The van der Waals surface area contributed by atoms with E-state index in [0.717, 1.165) is 0 Å². The molecule has 1 amide bonds. The lowest BCUT2D eigenvalue weighted by Crippen LogP contribution is -2.11. The summed E-state index contributed by atoms with van der Waals surface area (Å²) in [5, 5.41) is 10.9. The minimum atomic E-state index is -0.922. The molecule has 0 spiro atoms. The van der Waals surface area contributed by atoms with Crippen molar-refractivity contribution in [3.05, 3.63) is 30.1 Å². The fourth-order valence-electron chi connectivity index (χ4n) is 1.16. The number of hydrogen-bond acceptors (Lipinski definition) is 2. The van der Waals surface area contributed by atoms with Gasteiger partial charge in [-0.3, -0.25) is 9.59 Å². The zero-order valence-electron chi connectivity index (χ0n) is 8.57. The predicted octanol–water partition coefficient (Wildman–Crippen LogP) is 2.02. The van der Waals surface area contributed by atoms with Crippen molar-refractivity contribution in [1.29, 1.82) is 0 Å². The first-order chi connectivity index (χ1) is 7.58. The topological polar surface area (TPSA) is 66.4 Å². The lowest BCUT2D eigenvalue weighted by molar-refractivity contribution is -0.137. The van der Waals surface area contributed by atoms with E-state index in [2.05, 4.69) is 5.32 Å². The molecule has 0 aliphatic heterocycles. The number of carboxylic acid groups (broad SMARTS) is 1. The van der Waals surface area contributed by atoms with E-state index < -0.39 is 5.97 Å². The van der Waals surface area contributed by atoms with Gasteiger partial charge in [0, 0.05) is 18.5 Å². The molecular weight excluding hydrogens is 213 g/mol. The van der Waals surface area contributed by atoms with Crippen molar-refractivity contribution in [2.24, 2.45) is 0 Å². The maximum Gasteiger partial charge on any atom is 0.303 e. The summed E-state index contributed by atoms with van der Waals surface area (Å²) in [6.45, 7) is 0. The summed E-state index contributed by atoms with van der Waals surface area (Å²) >= 11 is 0. The second-order valence-corrected chi connectivity index (χ2v) is 3.30. The Balaban J connectivity index is 2.34. The zero-order chi connectivity index (χ0) is 12.0. The van der Waals surface area contributed by atoms with Crippen molar-refractivity contribution in [3.63, 3.8) is 0 Å². The Kier molecular flexibility index (Phi) is 4.44. The molecule has 0 radical (unpaired) electrons. The van der Waals surface area contributed by atoms with E-state index in [9.17, 15) is 14.0 Å². The largest absolute Gasteiger partial charge is 0.481 e. The molecule has 0 saturated heterocycles. The van der Waals surface area contributed by atoms with Crippen LogP contribution in [-0.4, -0.2) is 17.0 Å². The summed E-state index contributed by atoms with van der Waals surface area (Å²) in [6, 6.07) is 5.38. The van der Waals surface area contributed by atoms with Gasteiger partial charge in [0.25, 0.3) is 0 Å². The number of carboxylic acids is 1. The Labute approximate surface area is 92.1 Å². The van der Waals surface area contributed by atoms with Crippen molar-refractivity contribution in [3.8, 4) is 0 Å². The molecule has 4 nitrogen and oxygen atoms in total. The molecule has 2 N–H and O–H groups in total. The number of hydrogen-bond donors (Lipinski definition) is 2. The van der Waals surface area contributed by atoms with Crippen LogP contribution in [0.25, 0.3) is 0 Å². The van der Waals surface area contributed by atoms with Crippen LogP contribution in [0.15, 0.2) is 24.3 Å². The van der Waals surface area contributed by atoms with Crippen LogP contribution in [0, 0.1) is 5.82 Å². The molecule has 0 aliphatic rings. The van der Waals surface area contributed by atoms with Gasteiger partial charge in [0.1, 0.15) is 5.82 Å². The lowest BCUT2D eigenvalue weighted by atomic mass is 10.2. The Bertz CT molecular complexity index is 375. The Hall–Kier alpha value is -1.91. The van der Waals surface area contributed by atoms with E-state index in [1.54, 1.807) is 0 Å². The van der Waals surface area contributed by atoms with E-state index in [-0.39, 0.29) is 24.6 Å². The molecule has 0 aliphatic carbocycles. The van der Waals surface area contributed by atoms with Crippen LogP contribution in [0.1, 0.15) is 19.3 Å². The molecule has 5 heteroatoms. The van der Waals surface area contributed by atoms with E-state index in [0.29, 0.717) is 12.1 Å². The number of carbonyl (C=O) groups is 2. The first-order valence-electron chi connectivity index (χ1n) is 4.85. The Morgan fingerprint density at radius 1 is 1.19 bits per heavy atom. The number of rotatable bonds is 5. The number of amides is 1. The van der Waals surface area contributed by atoms with Crippen molar-refractivity contribution in [1.82, 2.24) is 0 Å². The van der Waals surface area contributed by atoms with Crippen LogP contribution in [-0.2, 0) is 9.59 Å². The van der Waals surface area contributed by atoms with E-state index in [1.807, 2.05) is 0 Å². The third-order valence-corrected chi connectivity index (χ3v) is 1.92. The van der Waals surface area contributed by atoms with Gasteiger partial charge in [-0.15, -0.1) is 0 Å². The summed E-state index contributed by atoms with van der Waals surface area (Å²) in [5.74, 6) is -1.56. The SMILES string of the molecule is O=C(O)CCCC(=O)Nc1ccc(F)cc1. The van der Waals surface area contributed by atoms with Gasteiger partial charge in [0.05, 0.1) is 0 Å². The number of nitrogens with one attached hydrogen (secondary N) is 1. The van der Waals surface area contributed by atoms with Crippen LogP contribution >= 0.6 is 0 Å². The molecule has 1 rings (SSSR count). The van der Waals surface area contributed by atoms with Crippen LogP contribution < -0.4 is 5.32 Å². The van der Waals surface area contributed by atoms with Crippen molar-refractivity contribution in [2.75, 3.05) is 5.32 Å². The van der Waals surface area contributed by atoms with Crippen LogP contribution in [0.5, 0.6) is 0 Å². The standard InChI is InChI=1S/C11H12FNO3/c12-8-4-6-9(7-5-8)13-10(14)2-1-3-11(15)16/h4-7H,1-3H2,(H,13,14)(H,15,16). The quantitative estimate of drug-likeness (QED) is 0.805. The van der Waals surface area contributed by atoms with E-state index >= 15 is 0 Å². The molecule has 16 heavy (non-hydrogen) atoms. The van der Waals surface area contributed by atoms with Crippen LogP contribution in [0.4, 0.5) is 10.1 Å².